The number of benzene rings is 2. The van der Waals surface area contributed by atoms with Crippen molar-refractivity contribution >= 4 is 34.7 Å². The van der Waals surface area contributed by atoms with E-state index in [4.69, 9.17) is 27.9 Å². The predicted octanol–water partition coefficient (Wildman–Crippen LogP) is 5.70. The fraction of sp³-hybridized carbons (Fsp3) is 0.348. The number of carbonyl (C=O) groups excluding carboxylic acids is 1. The van der Waals surface area contributed by atoms with Crippen molar-refractivity contribution in [1.29, 1.82) is 0 Å². The van der Waals surface area contributed by atoms with Crippen LogP contribution in [0.2, 0.25) is 10.0 Å². The van der Waals surface area contributed by atoms with Crippen molar-refractivity contribution in [3.63, 3.8) is 0 Å². The fourth-order valence-corrected chi connectivity index (χ4v) is 4.66. The first-order valence-corrected chi connectivity index (χ1v) is 10.5. The molecule has 1 saturated carbocycles. The lowest BCUT2D eigenvalue weighted by atomic mass is 9.79. The molecule has 1 aliphatic heterocycles. The summed E-state index contributed by atoms with van der Waals surface area (Å²) in [6.45, 7) is 1.94. The number of aryl methyl sites for hydroxylation is 1. The van der Waals surface area contributed by atoms with E-state index >= 15 is 0 Å². The summed E-state index contributed by atoms with van der Waals surface area (Å²) in [6.07, 6.45) is 3.11. The van der Waals surface area contributed by atoms with Crippen molar-refractivity contribution in [3.05, 3.63) is 63.3 Å². The average molecular weight is 432 g/mol. The minimum Gasteiger partial charge on any atom is -0.509 e. The molecule has 0 aromatic heterocycles. The van der Waals surface area contributed by atoms with Gasteiger partial charge in [-0.1, -0.05) is 41.4 Å². The molecule has 1 aliphatic carbocycles. The van der Waals surface area contributed by atoms with Gasteiger partial charge in [0.15, 0.2) is 0 Å². The Morgan fingerprint density at radius 1 is 1.07 bits per heavy atom. The van der Waals surface area contributed by atoms with Gasteiger partial charge in [-0.15, -0.1) is 0 Å². The summed E-state index contributed by atoms with van der Waals surface area (Å²) in [5.74, 6) is -0.0841. The molecule has 2 aromatic rings. The number of ether oxygens (including phenoxy) is 1. The highest BCUT2D eigenvalue weighted by molar-refractivity contribution is 6.42. The monoisotopic (exact) mass is 431 g/mol. The number of carbonyl (C=O) groups is 1. The molecule has 2 N–H and O–H groups in total. The average Bonchev–Trinajstić information content (AvgIpc) is 2.95. The van der Waals surface area contributed by atoms with Gasteiger partial charge < -0.3 is 15.2 Å². The maximum atomic E-state index is 12.9. The van der Waals surface area contributed by atoms with E-state index in [1.165, 1.54) is 0 Å². The molecular weight excluding hydrogens is 409 g/mol. The molecule has 4 nitrogen and oxygen atoms in total. The molecule has 2 aliphatic rings. The summed E-state index contributed by atoms with van der Waals surface area (Å²) >= 11 is 12.2. The molecule has 2 aromatic carbocycles. The molecule has 0 radical (unpaired) electrons. The van der Waals surface area contributed by atoms with Crippen LogP contribution in [0.3, 0.4) is 0 Å². The summed E-state index contributed by atoms with van der Waals surface area (Å²) in [4.78, 5) is 12.9. The molecule has 1 amide bonds. The van der Waals surface area contributed by atoms with Crippen molar-refractivity contribution in [2.24, 2.45) is 0 Å². The summed E-state index contributed by atoms with van der Waals surface area (Å²) < 4.78 is 5.44. The highest BCUT2D eigenvalue weighted by Crippen LogP contribution is 2.43. The first-order valence-electron chi connectivity index (χ1n) is 9.70. The van der Waals surface area contributed by atoms with Gasteiger partial charge in [0.1, 0.15) is 5.76 Å². The topological polar surface area (TPSA) is 58.6 Å². The van der Waals surface area contributed by atoms with Crippen LogP contribution in [0.15, 0.2) is 42.2 Å². The molecule has 4 rings (SSSR count). The molecule has 1 heterocycles. The van der Waals surface area contributed by atoms with Crippen molar-refractivity contribution in [3.8, 4) is 11.1 Å². The zero-order valence-electron chi connectivity index (χ0n) is 16.4. The maximum absolute atomic E-state index is 12.9. The molecule has 0 bridgehead atoms. The zero-order valence-corrected chi connectivity index (χ0v) is 17.9. The van der Waals surface area contributed by atoms with Crippen LogP contribution in [0.25, 0.3) is 16.7 Å². The highest BCUT2D eigenvalue weighted by Gasteiger charge is 2.48. The minimum atomic E-state index is -0.687. The number of halogens is 2. The molecule has 0 saturated heterocycles. The van der Waals surface area contributed by atoms with Gasteiger partial charge in [-0.25, -0.2) is 0 Å². The van der Waals surface area contributed by atoms with Crippen LogP contribution >= 0.6 is 23.2 Å². The maximum Gasteiger partial charge on any atom is 0.256 e. The standard InChI is InChI=1S/C23H23Cl2NO3/c1-13-3-4-14(15-5-6-18(24)19(25)12-15)11-17(13)20-21(27)23(26-22(20)28)9-7-16(29-2)8-10-23/h3-6,11-12,16,27H,7-10H2,1-2H3,(H,26,28). The van der Waals surface area contributed by atoms with Crippen LogP contribution in [0.1, 0.15) is 36.8 Å². The van der Waals surface area contributed by atoms with Crippen LogP contribution in [0, 0.1) is 6.92 Å². The van der Waals surface area contributed by atoms with Gasteiger partial charge in [0.05, 0.1) is 27.3 Å². The summed E-state index contributed by atoms with van der Waals surface area (Å²) in [5.41, 5.74) is 3.13. The van der Waals surface area contributed by atoms with Crippen molar-refractivity contribution < 1.29 is 14.6 Å². The molecule has 6 heteroatoms. The Kier molecular flexibility index (Phi) is 5.36. The van der Waals surface area contributed by atoms with E-state index in [0.29, 0.717) is 28.5 Å². The van der Waals surface area contributed by atoms with Gasteiger partial charge in [-0.2, -0.15) is 0 Å². The molecule has 0 unspecified atom stereocenters. The van der Waals surface area contributed by atoms with Crippen LogP contribution < -0.4 is 5.32 Å². The molecule has 1 fully saturated rings. The van der Waals surface area contributed by atoms with Gasteiger partial charge in [0.25, 0.3) is 5.91 Å². The summed E-state index contributed by atoms with van der Waals surface area (Å²) in [6, 6.07) is 11.3. The van der Waals surface area contributed by atoms with Gasteiger partial charge in [0, 0.05) is 7.11 Å². The zero-order chi connectivity index (χ0) is 20.8. The number of aliphatic hydroxyl groups excluding tert-OH is 1. The first-order chi connectivity index (χ1) is 13.8. The Hall–Kier alpha value is -2.01. The SMILES string of the molecule is COC1CCC2(CC1)NC(=O)C(c1cc(-c3ccc(Cl)c(Cl)c3)ccc1C)=C2O. The van der Waals surface area contributed by atoms with Gasteiger partial charge >= 0.3 is 0 Å². The van der Waals surface area contributed by atoms with E-state index in [2.05, 4.69) is 5.32 Å². The Labute approximate surface area is 180 Å². The lowest BCUT2D eigenvalue weighted by Gasteiger charge is -2.36. The van der Waals surface area contributed by atoms with Crippen molar-refractivity contribution in [1.82, 2.24) is 5.32 Å². The minimum absolute atomic E-state index is 0.145. The number of hydrogen-bond donors (Lipinski definition) is 2. The predicted molar refractivity (Wildman–Crippen MR) is 116 cm³/mol. The van der Waals surface area contributed by atoms with E-state index in [1.807, 2.05) is 31.2 Å². The van der Waals surface area contributed by atoms with Crippen LogP contribution in [-0.2, 0) is 9.53 Å². The second kappa shape index (κ2) is 7.67. The number of rotatable bonds is 3. The second-order valence-electron chi connectivity index (χ2n) is 7.85. The Balaban J connectivity index is 1.75. The van der Waals surface area contributed by atoms with Crippen LogP contribution in [0.4, 0.5) is 0 Å². The highest BCUT2D eigenvalue weighted by atomic mass is 35.5. The van der Waals surface area contributed by atoms with Crippen molar-refractivity contribution in [2.45, 2.75) is 44.2 Å². The fourth-order valence-electron chi connectivity index (χ4n) is 4.36. The van der Waals surface area contributed by atoms with Gasteiger partial charge in [-0.3, -0.25) is 4.79 Å². The third kappa shape index (κ3) is 3.54. The van der Waals surface area contributed by atoms with E-state index in [9.17, 15) is 9.90 Å². The largest absolute Gasteiger partial charge is 0.509 e. The second-order valence-corrected chi connectivity index (χ2v) is 8.67. The number of methoxy groups -OCH3 is 1. The normalized spacial score (nSPS) is 24.3. The molecule has 29 heavy (non-hydrogen) atoms. The number of amides is 1. The smallest absolute Gasteiger partial charge is 0.256 e. The van der Waals surface area contributed by atoms with Crippen LogP contribution in [-0.4, -0.2) is 29.8 Å². The molecule has 152 valence electrons. The third-order valence-electron chi connectivity index (χ3n) is 6.15. The molecule has 0 atom stereocenters. The first kappa shape index (κ1) is 20.3. The van der Waals surface area contributed by atoms with Crippen molar-refractivity contribution in [2.75, 3.05) is 7.11 Å². The third-order valence-corrected chi connectivity index (χ3v) is 6.89. The number of nitrogens with one attached hydrogen (secondary N) is 1. The lowest BCUT2D eigenvalue weighted by Crippen LogP contribution is -2.48. The van der Waals surface area contributed by atoms with E-state index < -0.39 is 5.54 Å². The summed E-state index contributed by atoms with van der Waals surface area (Å²) in [7, 11) is 1.70. The van der Waals surface area contributed by atoms with E-state index in [0.717, 1.165) is 35.1 Å². The van der Waals surface area contributed by atoms with Gasteiger partial charge in [0.2, 0.25) is 0 Å². The van der Waals surface area contributed by atoms with Gasteiger partial charge in [-0.05, 0) is 73.1 Å². The Morgan fingerprint density at radius 3 is 2.38 bits per heavy atom. The molecular formula is C23H23Cl2NO3. The lowest BCUT2D eigenvalue weighted by molar-refractivity contribution is -0.116. The van der Waals surface area contributed by atoms with E-state index in [1.54, 1.807) is 19.2 Å². The molecule has 1 spiro atoms. The number of aliphatic hydroxyl groups is 1. The number of hydrogen-bond acceptors (Lipinski definition) is 3. The van der Waals surface area contributed by atoms with E-state index in [-0.39, 0.29) is 17.8 Å². The van der Waals surface area contributed by atoms with Crippen LogP contribution in [0.5, 0.6) is 0 Å². The quantitative estimate of drug-likeness (QED) is 0.655. The summed E-state index contributed by atoms with van der Waals surface area (Å²) in [5, 5.41) is 15.2. The Morgan fingerprint density at radius 2 is 1.72 bits per heavy atom. The Bertz CT molecular complexity index is 1010.